The van der Waals surface area contributed by atoms with Crippen molar-refractivity contribution in [2.45, 2.75) is 19.6 Å². The van der Waals surface area contributed by atoms with Crippen LogP contribution in [0.15, 0.2) is 35.5 Å². The summed E-state index contributed by atoms with van der Waals surface area (Å²) < 4.78 is 4.85. The van der Waals surface area contributed by atoms with Gasteiger partial charge in [-0.3, -0.25) is 0 Å². The molecule has 0 saturated heterocycles. The van der Waals surface area contributed by atoms with Crippen LogP contribution in [0.25, 0.3) is 0 Å². The van der Waals surface area contributed by atoms with Crippen LogP contribution in [0.1, 0.15) is 12.5 Å². The lowest BCUT2D eigenvalue weighted by Gasteiger charge is -2.05. The average molecular weight is 193 g/mol. The first kappa shape index (κ1) is 10.4. The third kappa shape index (κ3) is 2.97. The van der Waals surface area contributed by atoms with Crippen LogP contribution < -0.4 is 0 Å². The largest absolute Gasteiger partial charge is 0.459 e. The van der Waals surface area contributed by atoms with Crippen molar-refractivity contribution in [1.82, 2.24) is 0 Å². The Labute approximate surface area is 81.9 Å². The van der Waals surface area contributed by atoms with E-state index in [4.69, 9.17) is 4.74 Å². The van der Waals surface area contributed by atoms with Crippen LogP contribution in [0.4, 0.5) is 0 Å². The maximum Gasteiger partial charge on any atom is 0.334 e. The highest BCUT2D eigenvalue weighted by Crippen LogP contribution is 2.02. The number of nitroso groups, excluding NO2 is 1. The summed E-state index contributed by atoms with van der Waals surface area (Å²) in [6, 6.07) is 8.33. The summed E-state index contributed by atoms with van der Waals surface area (Å²) in [7, 11) is 0. The van der Waals surface area contributed by atoms with Gasteiger partial charge in [-0.05, 0) is 12.5 Å². The second kappa shape index (κ2) is 5.11. The molecule has 0 spiro atoms. The van der Waals surface area contributed by atoms with E-state index in [9.17, 15) is 9.70 Å². The molecule has 0 unspecified atom stereocenters. The number of hydrogen-bond acceptors (Lipinski definition) is 4. The molecule has 0 aliphatic rings. The fourth-order valence-electron chi connectivity index (χ4n) is 0.892. The Balaban J connectivity index is 2.42. The van der Waals surface area contributed by atoms with Crippen molar-refractivity contribution in [3.8, 4) is 0 Å². The third-order valence-electron chi connectivity index (χ3n) is 1.72. The minimum absolute atomic E-state index is 0.180. The Morgan fingerprint density at radius 2 is 2.07 bits per heavy atom. The van der Waals surface area contributed by atoms with Crippen molar-refractivity contribution < 1.29 is 9.53 Å². The Morgan fingerprint density at radius 3 is 2.64 bits per heavy atom. The van der Waals surface area contributed by atoms with E-state index >= 15 is 0 Å². The molecule has 1 aromatic rings. The van der Waals surface area contributed by atoms with E-state index in [2.05, 4.69) is 5.18 Å². The molecule has 0 bridgehead atoms. The molecule has 1 aromatic carbocycles. The number of carbonyl (C=O) groups excluding carboxylic acids is 1. The van der Waals surface area contributed by atoms with E-state index in [1.54, 1.807) is 0 Å². The third-order valence-corrected chi connectivity index (χ3v) is 1.72. The quantitative estimate of drug-likeness (QED) is 0.542. The number of benzene rings is 1. The van der Waals surface area contributed by atoms with Gasteiger partial charge in [-0.1, -0.05) is 35.5 Å². The maximum absolute atomic E-state index is 11.0. The zero-order chi connectivity index (χ0) is 10.4. The Hall–Kier alpha value is -1.71. The van der Waals surface area contributed by atoms with Crippen LogP contribution in [0.5, 0.6) is 0 Å². The lowest BCUT2D eigenvalue weighted by atomic mass is 10.2. The number of ether oxygens (including phenoxy) is 1. The lowest BCUT2D eigenvalue weighted by Crippen LogP contribution is -2.17. The van der Waals surface area contributed by atoms with Gasteiger partial charge in [0.2, 0.25) is 0 Å². The molecule has 1 atom stereocenters. The van der Waals surface area contributed by atoms with Gasteiger partial charge in [-0.15, -0.1) is 4.91 Å². The molecule has 0 aromatic heterocycles. The minimum atomic E-state index is -0.932. The van der Waals surface area contributed by atoms with Gasteiger partial charge in [0.1, 0.15) is 6.61 Å². The Morgan fingerprint density at radius 1 is 1.43 bits per heavy atom. The van der Waals surface area contributed by atoms with Crippen molar-refractivity contribution >= 4 is 5.97 Å². The van der Waals surface area contributed by atoms with Crippen molar-refractivity contribution in [2.24, 2.45) is 5.18 Å². The van der Waals surface area contributed by atoms with E-state index in [1.807, 2.05) is 30.3 Å². The Kier molecular flexibility index (Phi) is 3.79. The summed E-state index contributed by atoms with van der Waals surface area (Å²) in [5, 5.41) is 2.58. The normalized spacial score (nSPS) is 11.8. The van der Waals surface area contributed by atoms with Crippen molar-refractivity contribution in [3.63, 3.8) is 0 Å². The minimum Gasteiger partial charge on any atom is -0.459 e. The average Bonchev–Trinajstić information content (AvgIpc) is 2.26. The highest BCUT2D eigenvalue weighted by atomic mass is 16.5. The maximum atomic E-state index is 11.0. The highest BCUT2D eigenvalue weighted by Gasteiger charge is 2.13. The topological polar surface area (TPSA) is 55.7 Å². The van der Waals surface area contributed by atoms with Crippen molar-refractivity contribution in [2.75, 3.05) is 0 Å². The van der Waals surface area contributed by atoms with E-state index in [1.165, 1.54) is 6.92 Å². The summed E-state index contributed by atoms with van der Waals surface area (Å²) >= 11 is 0. The standard InChI is InChI=1S/C10H11NO3/c1-8(11-13)10(12)14-7-9-5-3-2-4-6-9/h2-6,8H,7H2,1H3/t8-/m0/s1. The monoisotopic (exact) mass is 193 g/mol. The molecule has 0 aliphatic carbocycles. The molecule has 0 saturated carbocycles. The van der Waals surface area contributed by atoms with Gasteiger partial charge in [0.15, 0.2) is 6.04 Å². The highest BCUT2D eigenvalue weighted by molar-refractivity contribution is 5.75. The second-order valence-electron chi connectivity index (χ2n) is 2.87. The fourth-order valence-corrected chi connectivity index (χ4v) is 0.892. The number of esters is 1. The summed E-state index contributed by atoms with van der Waals surface area (Å²) in [6.45, 7) is 1.58. The van der Waals surface area contributed by atoms with Crippen LogP contribution in [-0.4, -0.2) is 12.0 Å². The molecule has 0 fully saturated rings. The van der Waals surface area contributed by atoms with Gasteiger partial charge >= 0.3 is 5.97 Å². The number of hydrogen-bond donors (Lipinski definition) is 0. The number of rotatable bonds is 4. The van der Waals surface area contributed by atoms with Gasteiger partial charge < -0.3 is 4.74 Å². The molecule has 0 amide bonds. The van der Waals surface area contributed by atoms with Gasteiger partial charge in [-0.25, -0.2) is 4.79 Å². The fraction of sp³-hybridized carbons (Fsp3) is 0.300. The zero-order valence-corrected chi connectivity index (χ0v) is 7.84. The van der Waals surface area contributed by atoms with Crippen LogP contribution in [0.3, 0.4) is 0 Å². The van der Waals surface area contributed by atoms with E-state index in [0.717, 1.165) is 5.56 Å². The molecular formula is C10H11NO3. The summed E-state index contributed by atoms with van der Waals surface area (Å²) in [6.07, 6.45) is 0. The second-order valence-corrected chi connectivity index (χ2v) is 2.87. The molecule has 0 aliphatic heterocycles. The van der Waals surface area contributed by atoms with Crippen LogP contribution in [0, 0.1) is 4.91 Å². The van der Waals surface area contributed by atoms with E-state index in [0.29, 0.717) is 0 Å². The van der Waals surface area contributed by atoms with Crippen LogP contribution in [-0.2, 0) is 16.1 Å². The zero-order valence-electron chi connectivity index (χ0n) is 7.84. The molecule has 4 heteroatoms. The van der Waals surface area contributed by atoms with Gasteiger partial charge in [0.25, 0.3) is 0 Å². The molecule has 14 heavy (non-hydrogen) atoms. The summed E-state index contributed by atoms with van der Waals surface area (Å²) in [5.74, 6) is -0.594. The number of nitrogens with zero attached hydrogens (tertiary/aromatic N) is 1. The van der Waals surface area contributed by atoms with Crippen molar-refractivity contribution in [3.05, 3.63) is 40.8 Å². The van der Waals surface area contributed by atoms with Crippen molar-refractivity contribution in [1.29, 1.82) is 0 Å². The molecule has 0 heterocycles. The Bertz CT molecular complexity index is 310. The van der Waals surface area contributed by atoms with Gasteiger partial charge in [0.05, 0.1) is 0 Å². The van der Waals surface area contributed by atoms with Gasteiger partial charge in [0, 0.05) is 0 Å². The smallest absolute Gasteiger partial charge is 0.334 e. The summed E-state index contributed by atoms with van der Waals surface area (Å²) in [4.78, 5) is 21.0. The first-order valence-corrected chi connectivity index (χ1v) is 4.27. The first-order chi connectivity index (χ1) is 6.74. The molecule has 0 N–H and O–H groups in total. The molecule has 1 rings (SSSR count). The predicted molar refractivity (Wildman–Crippen MR) is 51.5 cm³/mol. The van der Waals surface area contributed by atoms with Crippen LogP contribution in [0.2, 0.25) is 0 Å². The van der Waals surface area contributed by atoms with Gasteiger partial charge in [-0.2, -0.15) is 0 Å². The number of carbonyl (C=O) groups is 1. The molecular weight excluding hydrogens is 182 g/mol. The first-order valence-electron chi connectivity index (χ1n) is 4.27. The summed E-state index contributed by atoms with van der Waals surface area (Å²) in [5.41, 5.74) is 0.888. The molecule has 0 radical (unpaired) electrons. The van der Waals surface area contributed by atoms with E-state index in [-0.39, 0.29) is 6.61 Å². The van der Waals surface area contributed by atoms with Crippen LogP contribution >= 0.6 is 0 Å². The SMILES string of the molecule is C[C@H](N=O)C(=O)OCc1ccccc1. The molecule has 74 valence electrons. The van der Waals surface area contributed by atoms with E-state index < -0.39 is 12.0 Å². The predicted octanol–water partition coefficient (Wildman–Crippen LogP) is 1.88. The lowest BCUT2D eigenvalue weighted by molar-refractivity contribution is -0.146. The molecule has 4 nitrogen and oxygen atoms in total.